The fraction of sp³-hybridized carbons (Fsp3) is 0.483. The van der Waals surface area contributed by atoms with Crippen molar-refractivity contribution in [1.29, 1.82) is 0 Å². The van der Waals surface area contributed by atoms with E-state index < -0.39 is 11.9 Å². The van der Waals surface area contributed by atoms with E-state index in [1.165, 1.54) is 0 Å². The molecule has 0 amide bonds. The Balaban J connectivity index is 1.97. The van der Waals surface area contributed by atoms with Gasteiger partial charge in [0.25, 0.3) is 0 Å². The molecule has 0 bridgehead atoms. The number of ether oxygens (including phenoxy) is 1. The number of ketones is 2. The van der Waals surface area contributed by atoms with Gasteiger partial charge in [0, 0.05) is 47.8 Å². The van der Waals surface area contributed by atoms with Crippen LogP contribution in [0.3, 0.4) is 0 Å². The molecule has 0 atom stereocenters. The maximum absolute atomic E-state index is 13.8. The Kier molecular flexibility index (Phi) is 7.65. The van der Waals surface area contributed by atoms with Crippen LogP contribution in [0.2, 0.25) is 0 Å². The van der Waals surface area contributed by atoms with Crippen molar-refractivity contribution in [2.75, 3.05) is 13.2 Å². The van der Waals surface area contributed by atoms with Crippen molar-refractivity contribution in [3.05, 3.63) is 61.8 Å². The van der Waals surface area contributed by atoms with Crippen LogP contribution in [0.25, 0.3) is 0 Å². The third kappa shape index (κ3) is 5.51. The van der Waals surface area contributed by atoms with Crippen LogP contribution in [0.1, 0.15) is 71.3 Å². The first-order valence-electron chi connectivity index (χ1n) is 12.5. The predicted molar refractivity (Wildman–Crippen MR) is 149 cm³/mol. The van der Waals surface area contributed by atoms with Gasteiger partial charge in [0.1, 0.15) is 12.4 Å². The van der Waals surface area contributed by atoms with Crippen LogP contribution in [-0.2, 0) is 14.4 Å². The molecular weight excluding hydrogens is 602 g/mol. The summed E-state index contributed by atoms with van der Waals surface area (Å²) in [6.45, 7) is 12.5. The Morgan fingerprint density at radius 3 is 1.95 bits per heavy atom. The summed E-state index contributed by atoms with van der Waals surface area (Å²) in [6, 6.07) is 3.85. The number of hydrogen-bond acceptors (Lipinski definition) is 5. The summed E-state index contributed by atoms with van der Waals surface area (Å²) in [4.78, 5) is 41.2. The smallest absolute Gasteiger partial charge is 0.305 e. The minimum Gasteiger partial charge on any atom is -0.487 e. The molecule has 0 spiro atoms. The molecular formula is C29H33Br2NO5. The van der Waals surface area contributed by atoms with Crippen LogP contribution in [0.5, 0.6) is 5.75 Å². The summed E-state index contributed by atoms with van der Waals surface area (Å²) in [5.41, 5.74) is 3.25. The zero-order valence-corrected chi connectivity index (χ0v) is 24.9. The first-order chi connectivity index (χ1) is 17.2. The zero-order chi connectivity index (χ0) is 27.3. The monoisotopic (exact) mass is 633 g/mol. The van der Waals surface area contributed by atoms with Crippen molar-refractivity contribution >= 4 is 49.4 Å². The van der Waals surface area contributed by atoms with E-state index in [4.69, 9.17) is 4.74 Å². The second-order valence-electron chi connectivity index (χ2n) is 11.7. The zero-order valence-electron chi connectivity index (χ0n) is 21.7. The summed E-state index contributed by atoms with van der Waals surface area (Å²) in [7, 11) is 0. The average molecular weight is 635 g/mol. The van der Waals surface area contributed by atoms with E-state index in [-0.39, 0.29) is 35.4 Å². The highest BCUT2D eigenvalue weighted by Crippen LogP contribution is 2.55. The number of rotatable bonds is 7. The second kappa shape index (κ2) is 10.2. The van der Waals surface area contributed by atoms with Gasteiger partial charge in [-0.15, -0.1) is 0 Å². The number of nitrogens with zero attached hydrogens (tertiary/aromatic N) is 1. The van der Waals surface area contributed by atoms with Gasteiger partial charge in [-0.05, 0) is 73.2 Å². The van der Waals surface area contributed by atoms with Crippen LogP contribution in [0.15, 0.2) is 56.3 Å². The van der Waals surface area contributed by atoms with Crippen molar-refractivity contribution in [2.45, 2.75) is 65.7 Å². The lowest BCUT2D eigenvalue weighted by atomic mass is 9.63. The van der Waals surface area contributed by atoms with Crippen molar-refractivity contribution in [3.63, 3.8) is 0 Å². The maximum atomic E-state index is 13.8. The van der Waals surface area contributed by atoms with Gasteiger partial charge in [-0.25, -0.2) is 0 Å². The summed E-state index contributed by atoms with van der Waals surface area (Å²) in [5.74, 6) is -0.769. The quantitative estimate of drug-likeness (QED) is 0.327. The van der Waals surface area contributed by atoms with Crippen molar-refractivity contribution in [2.24, 2.45) is 10.8 Å². The van der Waals surface area contributed by atoms with Gasteiger partial charge in [0.05, 0.1) is 15.4 Å². The lowest BCUT2D eigenvalue weighted by molar-refractivity contribution is -0.137. The fourth-order valence-electron chi connectivity index (χ4n) is 5.88. The van der Waals surface area contributed by atoms with Gasteiger partial charge in [-0.3, -0.25) is 14.4 Å². The van der Waals surface area contributed by atoms with E-state index >= 15 is 0 Å². The molecule has 3 aliphatic rings. The molecule has 1 N–H and O–H groups in total. The largest absolute Gasteiger partial charge is 0.487 e. The summed E-state index contributed by atoms with van der Waals surface area (Å²) in [5, 5.41) is 9.50. The number of benzene rings is 1. The van der Waals surface area contributed by atoms with Gasteiger partial charge in [-0.1, -0.05) is 40.3 Å². The number of carboxylic acid groups (broad SMARTS) is 1. The molecule has 1 aromatic rings. The highest BCUT2D eigenvalue weighted by atomic mass is 79.9. The molecule has 6 nitrogen and oxygen atoms in total. The van der Waals surface area contributed by atoms with Gasteiger partial charge in [0.15, 0.2) is 11.6 Å². The van der Waals surface area contributed by atoms with Gasteiger partial charge in [-0.2, -0.15) is 0 Å². The molecule has 0 fully saturated rings. The lowest BCUT2D eigenvalue weighted by Gasteiger charge is -2.49. The number of aliphatic carboxylic acids is 1. The molecule has 4 rings (SSSR count). The standard InChI is InChI=1S/C29H33Br2NO5/c1-6-9-37-27-17(30)10-16(11-18(27)31)24-25-19(12-28(2,3)14-21(25)33)32(8-7-23(35)36)20-13-29(4,5)15-22(34)26(20)24/h6,10-11,24H,1,7-9,12-15H2,2-5H3,(H,35,36). The number of carbonyl (C=O) groups is 3. The van der Waals surface area contributed by atoms with Crippen molar-refractivity contribution < 1.29 is 24.2 Å². The second-order valence-corrected chi connectivity index (χ2v) is 13.5. The Labute approximate surface area is 235 Å². The molecule has 1 heterocycles. The molecule has 37 heavy (non-hydrogen) atoms. The Bertz CT molecular complexity index is 1180. The van der Waals surface area contributed by atoms with E-state index in [0.717, 1.165) is 17.0 Å². The number of carbonyl (C=O) groups excluding carboxylic acids is 2. The minimum atomic E-state index is -0.905. The first kappa shape index (κ1) is 27.8. The third-order valence-electron chi connectivity index (χ3n) is 7.27. The highest BCUT2D eigenvalue weighted by molar-refractivity contribution is 9.11. The molecule has 0 saturated heterocycles. The van der Waals surface area contributed by atoms with Crippen LogP contribution < -0.4 is 4.74 Å². The molecule has 198 valence electrons. The van der Waals surface area contributed by atoms with Crippen molar-refractivity contribution in [3.8, 4) is 5.75 Å². The van der Waals surface area contributed by atoms with Gasteiger partial charge >= 0.3 is 5.97 Å². The van der Waals surface area contributed by atoms with E-state index in [9.17, 15) is 19.5 Å². The Morgan fingerprint density at radius 1 is 1.03 bits per heavy atom. The lowest BCUT2D eigenvalue weighted by Crippen LogP contribution is -2.45. The summed E-state index contributed by atoms with van der Waals surface area (Å²) in [6.07, 6.45) is 3.62. The number of allylic oxidation sites excluding steroid dienone is 4. The summed E-state index contributed by atoms with van der Waals surface area (Å²) >= 11 is 7.25. The van der Waals surface area contributed by atoms with Gasteiger partial charge < -0.3 is 14.7 Å². The molecule has 8 heteroatoms. The number of carboxylic acids is 1. The number of Topliss-reactive ketones (excluding diaryl/α,β-unsaturated/α-hetero) is 2. The van der Waals surface area contributed by atoms with E-state index in [2.05, 4.69) is 66.1 Å². The third-order valence-corrected chi connectivity index (χ3v) is 8.45. The topological polar surface area (TPSA) is 83.9 Å². The van der Waals surface area contributed by atoms with Crippen LogP contribution in [-0.4, -0.2) is 40.7 Å². The molecule has 2 aliphatic carbocycles. The molecule has 1 aliphatic heterocycles. The minimum absolute atomic E-state index is 0.0139. The molecule has 0 unspecified atom stereocenters. The van der Waals surface area contributed by atoms with E-state index in [1.54, 1.807) is 6.08 Å². The first-order valence-corrected chi connectivity index (χ1v) is 14.1. The van der Waals surface area contributed by atoms with Crippen LogP contribution >= 0.6 is 31.9 Å². The predicted octanol–water partition coefficient (Wildman–Crippen LogP) is 6.94. The molecule has 1 aromatic carbocycles. The summed E-state index contributed by atoms with van der Waals surface area (Å²) < 4.78 is 7.23. The van der Waals surface area contributed by atoms with Crippen molar-refractivity contribution in [1.82, 2.24) is 4.90 Å². The molecule has 0 radical (unpaired) electrons. The molecule has 0 aromatic heterocycles. The Morgan fingerprint density at radius 2 is 1.51 bits per heavy atom. The SMILES string of the molecule is C=CCOc1c(Br)cc(C2C3=C(CC(C)(C)CC3=O)N(CCC(=O)O)C3=C2C(=O)CC(C)(C)C3)cc1Br. The highest BCUT2D eigenvalue weighted by Gasteiger charge is 2.49. The van der Waals surface area contributed by atoms with E-state index in [0.29, 0.717) is 58.1 Å². The average Bonchev–Trinajstić information content (AvgIpc) is 2.74. The van der Waals surface area contributed by atoms with Crippen LogP contribution in [0, 0.1) is 10.8 Å². The van der Waals surface area contributed by atoms with Gasteiger partial charge in [0.2, 0.25) is 0 Å². The number of halogens is 2. The normalized spacial score (nSPS) is 21.1. The molecule has 0 saturated carbocycles. The Hall–Kier alpha value is -2.19. The maximum Gasteiger partial charge on any atom is 0.305 e. The van der Waals surface area contributed by atoms with E-state index in [1.807, 2.05) is 17.0 Å². The fourth-order valence-corrected chi connectivity index (χ4v) is 7.34. The van der Waals surface area contributed by atoms with Crippen LogP contribution in [0.4, 0.5) is 0 Å². The number of hydrogen-bond donors (Lipinski definition) is 1.